The highest BCUT2D eigenvalue weighted by atomic mass is 19.1. The lowest BCUT2D eigenvalue weighted by molar-refractivity contribution is -0.118. The highest BCUT2D eigenvalue weighted by Crippen LogP contribution is 2.29. The predicted octanol–water partition coefficient (Wildman–Crippen LogP) is 2.76. The van der Waals surface area contributed by atoms with Crippen LogP contribution in [-0.2, 0) is 4.79 Å². The van der Waals surface area contributed by atoms with E-state index in [0.717, 1.165) is 12.1 Å². The van der Waals surface area contributed by atoms with Crippen LogP contribution in [0.2, 0.25) is 0 Å². The Morgan fingerprint density at radius 2 is 1.71 bits per heavy atom. The molecule has 21 heavy (non-hydrogen) atoms. The van der Waals surface area contributed by atoms with Crippen molar-refractivity contribution < 1.29 is 18.4 Å². The van der Waals surface area contributed by atoms with E-state index in [-0.39, 0.29) is 5.69 Å². The van der Waals surface area contributed by atoms with Gasteiger partial charge in [-0.05, 0) is 17.7 Å². The van der Waals surface area contributed by atoms with Gasteiger partial charge in [0.25, 0.3) is 5.91 Å². The number of carbonyl (C=O) groups is 2. The molecule has 0 aliphatic carbocycles. The second kappa shape index (κ2) is 4.97. The Kier molecular flexibility index (Phi) is 3.13. The molecule has 6 heteroatoms. The van der Waals surface area contributed by atoms with E-state index in [2.05, 4.69) is 5.32 Å². The molecule has 2 aromatic rings. The molecule has 0 radical (unpaired) electrons. The zero-order valence-electron chi connectivity index (χ0n) is 10.7. The standard InChI is InChI=1S/C15H10F2N2O2/c16-10-6-7-12(11(17)8-10)19-14(20)13(18-15(19)21)9-4-2-1-3-5-9/h1-8,13H,(H,18,21). The third kappa shape index (κ3) is 2.24. The molecule has 4 nitrogen and oxygen atoms in total. The number of halogens is 2. The lowest BCUT2D eigenvalue weighted by Crippen LogP contribution is -2.31. The molecule has 2 aromatic carbocycles. The van der Waals surface area contributed by atoms with Crippen LogP contribution in [0, 0.1) is 11.6 Å². The van der Waals surface area contributed by atoms with Gasteiger partial charge in [-0.25, -0.2) is 18.5 Å². The molecule has 1 fully saturated rings. The zero-order valence-corrected chi connectivity index (χ0v) is 10.7. The van der Waals surface area contributed by atoms with E-state index in [4.69, 9.17) is 0 Å². The van der Waals surface area contributed by atoms with Crippen LogP contribution in [-0.4, -0.2) is 11.9 Å². The summed E-state index contributed by atoms with van der Waals surface area (Å²) in [6, 6.07) is 9.70. The number of nitrogens with one attached hydrogen (secondary N) is 1. The van der Waals surface area contributed by atoms with Crippen molar-refractivity contribution in [2.45, 2.75) is 6.04 Å². The van der Waals surface area contributed by atoms with Crippen LogP contribution in [0.5, 0.6) is 0 Å². The first-order chi connectivity index (χ1) is 10.1. The molecule has 0 spiro atoms. The van der Waals surface area contributed by atoms with Crippen LogP contribution in [0.4, 0.5) is 19.3 Å². The lowest BCUT2D eigenvalue weighted by atomic mass is 10.1. The Balaban J connectivity index is 1.98. The van der Waals surface area contributed by atoms with Crippen molar-refractivity contribution in [2.24, 2.45) is 0 Å². The molecule has 106 valence electrons. The summed E-state index contributed by atoms with van der Waals surface area (Å²) >= 11 is 0. The summed E-state index contributed by atoms with van der Waals surface area (Å²) in [4.78, 5) is 25.0. The van der Waals surface area contributed by atoms with Gasteiger partial charge >= 0.3 is 6.03 Å². The maximum absolute atomic E-state index is 13.8. The van der Waals surface area contributed by atoms with Crippen LogP contribution in [0.3, 0.4) is 0 Å². The Labute approximate surface area is 119 Å². The monoisotopic (exact) mass is 288 g/mol. The maximum Gasteiger partial charge on any atom is 0.329 e. The SMILES string of the molecule is O=C1NC(c2ccccc2)C(=O)N1c1ccc(F)cc1F. The van der Waals surface area contributed by atoms with Gasteiger partial charge in [0.2, 0.25) is 0 Å². The maximum atomic E-state index is 13.8. The number of benzene rings is 2. The first-order valence-electron chi connectivity index (χ1n) is 6.22. The normalized spacial score (nSPS) is 18.0. The second-order valence-corrected chi connectivity index (χ2v) is 4.56. The van der Waals surface area contributed by atoms with Gasteiger partial charge in [-0.15, -0.1) is 0 Å². The summed E-state index contributed by atoms with van der Waals surface area (Å²) in [7, 11) is 0. The molecule has 3 amide bonds. The van der Waals surface area contributed by atoms with Crippen molar-refractivity contribution in [3.8, 4) is 0 Å². The van der Waals surface area contributed by atoms with Crippen molar-refractivity contribution in [1.82, 2.24) is 5.32 Å². The summed E-state index contributed by atoms with van der Waals surface area (Å²) in [5.74, 6) is -2.34. The minimum absolute atomic E-state index is 0.266. The smallest absolute Gasteiger partial charge is 0.321 e. The summed E-state index contributed by atoms with van der Waals surface area (Å²) < 4.78 is 26.7. The molecule has 1 unspecified atom stereocenters. The van der Waals surface area contributed by atoms with E-state index >= 15 is 0 Å². The zero-order chi connectivity index (χ0) is 15.0. The van der Waals surface area contributed by atoms with Gasteiger partial charge in [0.1, 0.15) is 17.7 Å². The van der Waals surface area contributed by atoms with Gasteiger partial charge in [-0.1, -0.05) is 30.3 Å². The fourth-order valence-corrected chi connectivity index (χ4v) is 2.24. The van der Waals surface area contributed by atoms with E-state index in [0.29, 0.717) is 16.5 Å². The average Bonchev–Trinajstić information content (AvgIpc) is 2.76. The first-order valence-corrected chi connectivity index (χ1v) is 6.22. The number of hydrogen-bond acceptors (Lipinski definition) is 2. The summed E-state index contributed by atoms with van der Waals surface area (Å²) in [5, 5.41) is 2.49. The third-order valence-electron chi connectivity index (χ3n) is 3.22. The number of amides is 3. The van der Waals surface area contributed by atoms with E-state index in [1.54, 1.807) is 30.3 Å². The van der Waals surface area contributed by atoms with Crippen molar-refractivity contribution in [1.29, 1.82) is 0 Å². The highest BCUT2D eigenvalue weighted by Gasteiger charge is 2.40. The van der Waals surface area contributed by atoms with Crippen LogP contribution < -0.4 is 10.2 Å². The van der Waals surface area contributed by atoms with E-state index in [1.807, 2.05) is 0 Å². The number of imide groups is 1. The van der Waals surface area contributed by atoms with Gasteiger partial charge in [-0.2, -0.15) is 0 Å². The first kappa shape index (κ1) is 13.2. The Hall–Kier alpha value is -2.76. The summed E-state index contributed by atoms with van der Waals surface area (Å²) in [5.41, 5.74) is 0.332. The van der Waals surface area contributed by atoms with Crippen molar-refractivity contribution in [2.75, 3.05) is 4.90 Å². The Bertz CT molecular complexity index is 719. The molecule has 1 atom stereocenters. The molecule has 1 aliphatic heterocycles. The fourth-order valence-electron chi connectivity index (χ4n) is 2.24. The van der Waals surface area contributed by atoms with Crippen LogP contribution >= 0.6 is 0 Å². The quantitative estimate of drug-likeness (QED) is 0.864. The molecule has 1 saturated heterocycles. The molecule has 1 N–H and O–H groups in total. The van der Waals surface area contributed by atoms with E-state index in [1.165, 1.54) is 0 Å². The van der Waals surface area contributed by atoms with Crippen LogP contribution in [0.15, 0.2) is 48.5 Å². The average molecular weight is 288 g/mol. The summed E-state index contributed by atoms with van der Waals surface area (Å²) in [6.07, 6.45) is 0. The number of carbonyl (C=O) groups excluding carboxylic acids is 2. The molecule has 0 aromatic heterocycles. The van der Waals surface area contributed by atoms with Gasteiger partial charge in [0.15, 0.2) is 0 Å². The van der Waals surface area contributed by atoms with Crippen molar-refractivity contribution in [3.05, 3.63) is 65.7 Å². The fraction of sp³-hybridized carbons (Fsp3) is 0.0667. The molecular weight excluding hydrogens is 278 g/mol. The lowest BCUT2D eigenvalue weighted by Gasteiger charge is -2.14. The Morgan fingerprint density at radius 1 is 1.00 bits per heavy atom. The minimum Gasteiger partial charge on any atom is -0.321 e. The van der Waals surface area contributed by atoms with Gasteiger partial charge in [0.05, 0.1) is 5.69 Å². The largest absolute Gasteiger partial charge is 0.329 e. The van der Waals surface area contributed by atoms with E-state index < -0.39 is 29.6 Å². The van der Waals surface area contributed by atoms with Gasteiger partial charge < -0.3 is 5.32 Å². The third-order valence-corrected chi connectivity index (χ3v) is 3.22. The number of nitrogens with zero attached hydrogens (tertiary/aromatic N) is 1. The van der Waals surface area contributed by atoms with Crippen LogP contribution in [0.25, 0.3) is 0 Å². The predicted molar refractivity (Wildman–Crippen MR) is 71.6 cm³/mol. The molecule has 0 saturated carbocycles. The molecular formula is C15H10F2N2O2. The summed E-state index contributed by atoms with van der Waals surface area (Å²) in [6.45, 7) is 0. The Morgan fingerprint density at radius 3 is 2.38 bits per heavy atom. The molecule has 1 aliphatic rings. The topological polar surface area (TPSA) is 49.4 Å². The number of rotatable bonds is 2. The van der Waals surface area contributed by atoms with Crippen molar-refractivity contribution >= 4 is 17.6 Å². The molecule has 0 bridgehead atoms. The second-order valence-electron chi connectivity index (χ2n) is 4.56. The van der Waals surface area contributed by atoms with Gasteiger partial charge in [-0.3, -0.25) is 4.79 Å². The highest BCUT2D eigenvalue weighted by molar-refractivity contribution is 6.21. The van der Waals surface area contributed by atoms with E-state index in [9.17, 15) is 18.4 Å². The molecule has 3 rings (SSSR count). The number of hydrogen-bond donors (Lipinski definition) is 1. The number of anilines is 1. The molecule has 1 heterocycles. The number of urea groups is 1. The minimum atomic E-state index is -0.966. The van der Waals surface area contributed by atoms with Crippen molar-refractivity contribution in [3.63, 3.8) is 0 Å². The van der Waals surface area contributed by atoms with Gasteiger partial charge in [0, 0.05) is 6.07 Å². The van der Waals surface area contributed by atoms with Crippen LogP contribution in [0.1, 0.15) is 11.6 Å².